The molecule has 130 valence electrons. The fourth-order valence-corrected chi connectivity index (χ4v) is 2.69. The smallest absolute Gasteiger partial charge is 0.251 e. The van der Waals surface area contributed by atoms with Crippen LogP contribution in [0, 0.1) is 6.92 Å². The molecule has 1 aliphatic heterocycles. The van der Waals surface area contributed by atoms with Crippen LogP contribution in [0.4, 0.5) is 5.69 Å². The normalized spacial score (nSPS) is 11.9. The molecule has 6 nitrogen and oxygen atoms in total. The molecule has 2 aromatic carbocycles. The van der Waals surface area contributed by atoms with Crippen LogP contribution in [0.25, 0.3) is 0 Å². The van der Waals surface area contributed by atoms with Crippen molar-refractivity contribution in [1.82, 2.24) is 5.32 Å². The Balaban J connectivity index is 1.60. The highest BCUT2D eigenvalue weighted by atomic mass is 16.7. The predicted octanol–water partition coefficient (Wildman–Crippen LogP) is 2.65. The van der Waals surface area contributed by atoms with Gasteiger partial charge in [0.05, 0.1) is 6.54 Å². The first-order chi connectivity index (χ1) is 12.1. The number of carbonyl (C=O) groups is 2. The van der Waals surface area contributed by atoms with Gasteiger partial charge < -0.3 is 20.1 Å². The van der Waals surface area contributed by atoms with E-state index in [0.717, 1.165) is 23.2 Å². The van der Waals surface area contributed by atoms with Gasteiger partial charge >= 0.3 is 0 Å². The van der Waals surface area contributed by atoms with Gasteiger partial charge in [-0.25, -0.2) is 0 Å². The van der Waals surface area contributed by atoms with Crippen LogP contribution < -0.4 is 20.1 Å². The van der Waals surface area contributed by atoms with Crippen LogP contribution in [0.2, 0.25) is 0 Å². The van der Waals surface area contributed by atoms with Crippen LogP contribution in [-0.2, 0) is 11.2 Å². The molecule has 6 heteroatoms. The van der Waals surface area contributed by atoms with Gasteiger partial charge in [-0.2, -0.15) is 0 Å². The zero-order chi connectivity index (χ0) is 17.8. The second kappa shape index (κ2) is 7.25. The molecule has 2 aromatic rings. The van der Waals surface area contributed by atoms with Crippen molar-refractivity contribution in [1.29, 1.82) is 0 Å². The van der Waals surface area contributed by atoms with Gasteiger partial charge in [0, 0.05) is 11.3 Å². The Morgan fingerprint density at radius 3 is 2.72 bits per heavy atom. The molecule has 0 spiro atoms. The molecule has 1 heterocycles. The summed E-state index contributed by atoms with van der Waals surface area (Å²) in [5.41, 5.74) is 3.29. The van der Waals surface area contributed by atoms with Crippen molar-refractivity contribution in [2.75, 3.05) is 18.7 Å². The molecule has 0 aromatic heterocycles. The van der Waals surface area contributed by atoms with Gasteiger partial charge in [-0.15, -0.1) is 0 Å². The Kier molecular flexibility index (Phi) is 4.88. The van der Waals surface area contributed by atoms with Crippen molar-refractivity contribution < 1.29 is 19.1 Å². The van der Waals surface area contributed by atoms with E-state index in [1.807, 2.05) is 32.0 Å². The van der Waals surface area contributed by atoms with Gasteiger partial charge in [-0.3, -0.25) is 9.59 Å². The minimum absolute atomic E-state index is 0.106. The Labute approximate surface area is 146 Å². The zero-order valence-corrected chi connectivity index (χ0v) is 14.2. The van der Waals surface area contributed by atoms with Crippen LogP contribution in [0.15, 0.2) is 36.4 Å². The van der Waals surface area contributed by atoms with Gasteiger partial charge in [0.15, 0.2) is 11.5 Å². The van der Waals surface area contributed by atoms with Crippen LogP contribution in [0.1, 0.15) is 28.4 Å². The third-order valence-electron chi connectivity index (χ3n) is 4.05. The number of nitrogens with one attached hydrogen (secondary N) is 2. The number of rotatable bonds is 5. The molecule has 0 aliphatic carbocycles. The summed E-state index contributed by atoms with van der Waals surface area (Å²) < 4.78 is 10.5. The summed E-state index contributed by atoms with van der Waals surface area (Å²) in [5, 5.41) is 5.50. The minimum Gasteiger partial charge on any atom is -0.454 e. The Bertz CT molecular complexity index is 817. The maximum Gasteiger partial charge on any atom is 0.251 e. The van der Waals surface area contributed by atoms with Crippen LogP contribution in [0.5, 0.6) is 11.5 Å². The van der Waals surface area contributed by atoms with E-state index in [1.54, 1.807) is 18.2 Å². The molecular formula is C19H20N2O4. The van der Waals surface area contributed by atoms with Gasteiger partial charge in [0.25, 0.3) is 5.91 Å². The summed E-state index contributed by atoms with van der Waals surface area (Å²) in [6.07, 6.45) is 0.820. The molecule has 0 bridgehead atoms. The number of benzene rings is 2. The highest BCUT2D eigenvalue weighted by molar-refractivity contribution is 6.00. The number of amides is 2. The van der Waals surface area contributed by atoms with Gasteiger partial charge in [0.2, 0.25) is 12.7 Å². The maximum atomic E-state index is 12.2. The summed E-state index contributed by atoms with van der Waals surface area (Å²) in [5.74, 6) is 0.539. The fraction of sp³-hybridized carbons (Fsp3) is 0.263. The summed E-state index contributed by atoms with van der Waals surface area (Å²) in [6.45, 7) is 4.02. The number of ether oxygens (including phenoxy) is 2. The molecule has 2 N–H and O–H groups in total. The number of hydrogen-bond acceptors (Lipinski definition) is 4. The molecule has 0 fully saturated rings. The van der Waals surface area contributed by atoms with Crippen molar-refractivity contribution in [3.63, 3.8) is 0 Å². The quantitative estimate of drug-likeness (QED) is 0.877. The second-order valence-electron chi connectivity index (χ2n) is 5.76. The number of para-hydroxylation sites is 1. The van der Waals surface area contributed by atoms with E-state index in [2.05, 4.69) is 10.6 Å². The highest BCUT2D eigenvalue weighted by Gasteiger charge is 2.17. The number of aryl methyl sites for hydroxylation is 2. The van der Waals surface area contributed by atoms with E-state index >= 15 is 0 Å². The SMILES string of the molecule is CCc1cccc(C)c1NC(=O)CNC(=O)c1ccc2c(c1)OCO2. The number of hydrogen-bond donors (Lipinski definition) is 2. The lowest BCUT2D eigenvalue weighted by Crippen LogP contribution is -2.33. The third-order valence-corrected chi connectivity index (χ3v) is 4.05. The van der Waals surface area contributed by atoms with Gasteiger partial charge in [-0.1, -0.05) is 25.1 Å². The molecule has 0 saturated carbocycles. The van der Waals surface area contributed by atoms with Crippen LogP contribution >= 0.6 is 0 Å². The number of anilines is 1. The second-order valence-corrected chi connectivity index (χ2v) is 5.76. The van der Waals surface area contributed by atoms with Crippen molar-refractivity contribution in [2.45, 2.75) is 20.3 Å². The average molecular weight is 340 g/mol. The molecule has 0 unspecified atom stereocenters. The average Bonchev–Trinajstić information content (AvgIpc) is 3.09. The number of fused-ring (bicyclic) bond motifs is 1. The predicted molar refractivity (Wildman–Crippen MR) is 94.1 cm³/mol. The summed E-state index contributed by atoms with van der Waals surface area (Å²) in [7, 11) is 0. The topological polar surface area (TPSA) is 76.7 Å². The van der Waals surface area contributed by atoms with E-state index in [0.29, 0.717) is 17.1 Å². The summed E-state index contributed by atoms with van der Waals surface area (Å²) >= 11 is 0. The molecule has 0 saturated heterocycles. The largest absolute Gasteiger partial charge is 0.454 e. The molecule has 2 amide bonds. The Morgan fingerprint density at radius 2 is 1.92 bits per heavy atom. The van der Waals surface area contributed by atoms with Crippen molar-refractivity contribution in [3.05, 3.63) is 53.1 Å². The van der Waals surface area contributed by atoms with E-state index in [1.165, 1.54) is 0 Å². The number of carbonyl (C=O) groups excluding carboxylic acids is 2. The first-order valence-electron chi connectivity index (χ1n) is 8.14. The lowest BCUT2D eigenvalue weighted by atomic mass is 10.1. The van der Waals surface area contributed by atoms with Crippen molar-refractivity contribution in [3.8, 4) is 11.5 Å². The maximum absolute atomic E-state index is 12.2. The molecule has 1 aliphatic rings. The highest BCUT2D eigenvalue weighted by Crippen LogP contribution is 2.32. The first kappa shape index (κ1) is 16.8. The lowest BCUT2D eigenvalue weighted by molar-refractivity contribution is -0.115. The van der Waals surface area contributed by atoms with E-state index in [4.69, 9.17) is 9.47 Å². The van der Waals surface area contributed by atoms with Crippen LogP contribution in [0.3, 0.4) is 0 Å². The standard InChI is InChI=1S/C19H20N2O4/c1-3-13-6-4-5-12(2)18(13)21-17(22)10-20-19(23)14-7-8-15-16(9-14)25-11-24-15/h4-9H,3,10-11H2,1-2H3,(H,20,23)(H,21,22). The Hall–Kier alpha value is -3.02. The monoisotopic (exact) mass is 340 g/mol. The zero-order valence-electron chi connectivity index (χ0n) is 14.2. The van der Waals surface area contributed by atoms with E-state index in [-0.39, 0.29) is 25.2 Å². The van der Waals surface area contributed by atoms with E-state index in [9.17, 15) is 9.59 Å². The lowest BCUT2D eigenvalue weighted by Gasteiger charge is -2.13. The molecule has 0 atom stereocenters. The molecular weight excluding hydrogens is 320 g/mol. The minimum atomic E-state index is -0.339. The van der Waals surface area contributed by atoms with Crippen molar-refractivity contribution in [2.24, 2.45) is 0 Å². The van der Waals surface area contributed by atoms with Crippen molar-refractivity contribution >= 4 is 17.5 Å². The Morgan fingerprint density at radius 1 is 1.12 bits per heavy atom. The fourth-order valence-electron chi connectivity index (χ4n) is 2.69. The molecule has 0 radical (unpaired) electrons. The molecule has 25 heavy (non-hydrogen) atoms. The summed E-state index contributed by atoms with van der Waals surface area (Å²) in [4.78, 5) is 24.4. The molecule has 3 rings (SSSR count). The van der Waals surface area contributed by atoms with Gasteiger partial charge in [0.1, 0.15) is 0 Å². The van der Waals surface area contributed by atoms with Gasteiger partial charge in [-0.05, 0) is 42.7 Å². The third kappa shape index (κ3) is 3.74. The van der Waals surface area contributed by atoms with Crippen LogP contribution in [-0.4, -0.2) is 25.2 Å². The van der Waals surface area contributed by atoms with E-state index < -0.39 is 0 Å². The summed E-state index contributed by atoms with van der Waals surface area (Å²) in [6, 6.07) is 10.8. The first-order valence-corrected chi connectivity index (χ1v) is 8.14.